The van der Waals surface area contributed by atoms with Gasteiger partial charge < -0.3 is 0 Å². The molecule has 2 aromatic rings. The van der Waals surface area contributed by atoms with Crippen LogP contribution in [0.3, 0.4) is 0 Å². The quantitative estimate of drug-likeness (QED) is 0.552. The molecule has 0 radical (unpaired) electrons. The minimum atomic E-state index is -3.88. The molecule has 128 valence electrons. The number of carbonyl (C=O) groups is 1. The number of nitrogens with one attached hydrogen (secondary N) is 2. The number of aromatic nitrogens is 1. The van der Waals surface area contributed by atoms with E-state index in [0.29, 0.717) is 18.5 Å². The average molecular weight is 367 g/mol. The number of nitrogens with zero attached hydrogens (tertiary/aromatic N) is 1. The van der Waals surface area contributed by atoms with E-state index in [4.69, 9.17) is 5.21 Å². The van der Waals surface area contributed by atoms with E-state index < -0.39 is 21.5 Å². The predicted octanol–water partition coefficient (Wildman–Crippen LogP) is 1.91. The summed E-state index contributed by atoms with van der Waals surface area (Å²) in [6.07, 6.45) is 3.80. The Labute approximate surface area is 143 Å². The number of hydrogen-bond donors (Lipinski definition) is 3. The molecule has 0 aromatic carbocycles. The Morgan fingerprint density at radius 1 is 1.21 bits per heavy atom. The van der Waals surface area contributed by atoms with Crippen molar-refractivity contribution < 1.29 is 18.4 Å². The smallest absolute Gasteiger partial charge is 0.264 e. The standard InChI is InChI=1S/C15H17N3O4S2/c19-14(17-20)15(8-2-3-9-15)18-24(21,22)13-7-6-12(23-13)11-5-1-4-10-16-11/h1,4-7,10,18,20H,2-3,8-9H2,(H,17,19). The van der Waals surface area contributed by atoms with Crippen LogP contribution in [0.5, 0.6) is 0 Å². The molecule has 0 unspecified atom stereocenters. The Balaban J connectivity index is 1.88. The van der Waals surface area contributed by atoms with Crippen LogP contribution in [0.4, 0.5) is 0 Å². The Morgan fingerprint density at radius 2 is 1.96 bits per heavy atom. The van der Waals surface area contributed by atoms with Crippen molar-refractivity contribution in [3.63, 3.8) is 0 Å². The van der Waals surface area contributed by atoms with E-state index in [1.54, 1.807) is 29.9 Å². The molecule has 1 amide bonds. The number of hydroxylamine groups is 1. The first-order valence-electron chi connectivity index (χ1n) is 7.47. The zero-order valence-electron chi connectivity index (χ0n) is 12.7. The van der Waals surface area contributed by atoms with Gasteiger partial charge in [-0.05, 0) is 37.1 Å². The van der Waals surface area contributed by atoms with Crippen LogP contribution in [0, 0.1) is 0 Å². The first-order chi connectivity index (χ1) is 11.5. The van der Waals surface area contributed by atoms with Crippen LogP contribution in [0.1, 0.15) is 25.7 Å². The lowest BCUT2D eigenvalue weighted by atomic mass is 9.99. The molecule has 2 heterocycles. The summed E-state index contributed by atoms with van der Waals surface area (Å²) in [6.45, 7) is 0. The summed E-state index contributed by atoms with van der Waals surface area (Å²) in [7, 11) is -3.88. The molecular formula is C15H17N3O4S2. The van der Waals surface area contributed by atoms with Gasteiger partial charge in [0.1, 0.15) is 9.75 Å². The van der Waals surface area contributed by atoms with Crippen LogP contribution in [0.25, 0.3) is 10.6 Å². The summed E-state index contributed by atoms with van der Waals surface area (Å²) in [5.41, 5.74) is 0.979. The van der Waals surface area contributed by atoms with Gasteiger partial charge in [0, 0.05) is 6.20 Å². The third kappa shape index (κ3) is 3.20. The van der Waals surface area contributed by atoms with Crippen molar-refractivity contribution in [3.8, 4) is 10.6 Å². The van der Waals surface area contributed by atoms with Crippen LogP contribution in [0.15, 0.2) is 40.7 Å². The maximum absolute atomic E-state index is 12.7. The van der Waals surface area contributed by atoms with Crippen LogP contribution < -0.4 is 10.2 Å². The second-order valence-corrected chi connectivity index (χ2v) is 8.66. The van der Waals surface area contributed by atoms with Crippen molar-refractivity contribution in [1.82, 2.24) is 15.2 Å². The maximum atomic E-state index is 12.7. The molecule has 0 saturated heterocycles. The molecule has 0 bridgehead atoms. The lowest BCUT2D eigenvalue weighted by Crippen LogP contribution is -2.56. The highest BCUT2D eigenvalue weighted by Gasteiger charge is 2.44. The Kier molecular flexibility index (Phi) is 4.68. The van der Waals surface area contributed by atoms with Crippen molar-refractivity contribution in [2.24, 2.45) is 0 Å². The summed E-state index contributed by atoms with van der Waals surface area (Å²) in [5.74, 6) is -0.718. The van der Waals surface area contributed by atoms with Gasteiger partial charge in [-0.15, -0.1) is 11.3 Å². The number of thiophene rings is 1. The zero-order chi connectivity index (χ0) is 17.2. The fourth-order valence-corrected chi connectivity index (χ4v) is 5.59. The van der Waals surface area contributed by atoms with E-state index >= 15 is 0 Å². The number of carbonyl (C=O) groups excluding carboxylic acids is 1. The van der Waals surface area contributed by atoms with Crippen molar-refractivity contribution in [2.75, 3.05) is 0 Å². The number of amides is 1. The van der Waals surface area contributed by atoms with Crippen LogP contribution in [-0.2, 0) is 14.8 Å². The van der Waals surface area contributed by atoms with Gasteiger partial charge in [-0.3, -0.25) is 15.0 Å². The lowest BCUT2D eigenvalue weighted by molar-refractivity contribution is -0.135. The summed E-state index contributed by atoms with van der Waals surface area (Å²) in [6, 6.07) is 8.60. The largest absolute Gasteiger partial charge is 0.289 e. The second-order valence-electron chi connectivity index (χ2n) is 5.67. The van der Waals surface area contributed by atoms with Crippen molar-refractivity contribution in [3.05, 3.63) is 36.5 Å². The molecule has 0 spiro atoms. The van der Waals surface area contributed by atoms with Gasteiger partial charge in [0.05, 0.1) is 10.6 Å². The predicted molar refractivity (Wildman–Crippen MR) is 89.0 cm³/mol. The zero-order valence-corrected chi connectivity index (χ0v) is 14.4. The SMILES string of the molecule is O=C(NO)C1(NS(=O)(=O)c2ccc(-c3ccccn3)s2)CCCC1. The molecule has 3 rings (SSSR count). The van der Waals surface area contributed by atoms with Gasteiger partial charge in [0.25, 0.3) is 15.9 Å². The molecular weight excluding hydrogens is 350 g/mol. The molecule has 24 heavy (non-hydrogen) atoms. The van der Waals surface area contributed by atoms with E-state index in [2.05, 4.69) is 9.71 Å². The minimum absolute atomic E-state index is 0.111. The van der Waals surface area contributed by atoms with E-state index in [1.807, 2.05) is 6.07 Å². The van der Waals surface area contributed by atoms with E-state index in [0.717, 1.165) is 29.1 Å². The topological polar surface area (TPSA) is 108 Å². The van der Waals surface area contributed by atoms with Crippen molar-refractivity contribution in [1.29, 1.82) is 0 Å². The maximum Gasteiger partial charge on any atom is 0.264 e. The van der Waals surface area contributed by atoms with Gasteiger partial charge in [-0.25, -0.2) is 13.9 Å². The molecule has 7 nitrogen and oxygen atoms in total. The monoisotopic (exact) mass is 367 g/mol. The molecule has 0 aliphatic heterocycles. The molecule has 1 aliphatic carbocycles. The van der Waals surface area contributed by atoms with Crippen LogP contribution in [0.2, 0.25) is 0 Å². The van der Waals surface area contributed by atoms with Crippen LogP contribution >= 0.6 is 11.3 Å². The van der Waals surface area contributed by atoms with E-state index in [1.165, 1.54) is 6.07 Å². The van der Waals surface area contributed by atoms with Crippen molar-refractivity contribution >= 4 is 27.3 Å². The summed E-state index contributed by atoms with van der Waals surface area (Å²) in [4.78, 5) is 16.9. The normalized spacial score (nSPS) is 16.9. The van der Waals surface area contributed by atoms with Crippen LogP contribution in [-0.4, -0.2) is 30.1 Å². The molecule has 2 aromatic heterocycles. The molecule has 9 heteroatoms. The first-order valence-corrected chi connectivity index (χ1v) is 9.77. The van der Waals surface area contributed by atoms with Gasteiger partial charge >= 0.3 is 0 Å². The summed E-state index contributed by atoms with van der Waals surface area (Å²) in [5, 5.41) is 8.94. The Bertz CT molecular complexity index is 827. The number of hydrogen-bond acceptors (Lipinski definition) is 6. The molecule has 0 atom stereocenters. The lowest BCUT2D eigenvalue weighted by Gasteiger charge is -2.26. The third-order valence-electron chi connectivity index (χ3n) is 4.09. The van der Waals surface area contributed by atoms with Gasteiger partial charge in [0.2, 0.25) is 0 Å². The Hall–Kier alpha value is -1.81. The van der Waals surface area contributed by atoms with E-state index in [9.17, 15) is 13.2 Å². The molecule has 1 aliphatic rings. The fraction of sp³-hybridized carbons (Fsp3) is 0.333. The summed E-state index contributed by atoms with van der Waals surface area (Å²) >= 11 is 1.09. The minimum Gasteiger partial charge on any atom is -0.289 e. The summed E-state index contributed by atoms with van der Waals surface area (Å²) < 4.78 is 28.0. The Morgan fingerprint density at radius 3 is 2.58 bits per heavy atom. The third-order valence-corrected chi connectivity index (χ3v) is 7.22. The van der Waals surface area contributed by atoms with Crippen molar-refractivity contribution in [2.45, 2.75) is 35.4 Å². The molecule has 3 N–H and O–H groups in total. The number of pyridine rings is 1. The molecule has 1 fully saturated rings. The highest BCUT2D eigenvalue weighted by Crippen LogP contribution is 2.34. The van der Waals surface area contributed by atoms with Gasteiger partial charge in [0.15, 0.2) is 0 Å². The average Bonchev–Trinajstić information content (AvgIpc) is 3.25. The van der Waals surface area contributed by atoms with E-state index in [-0.39, 0.29) is 4.21 Å². The first kappa shape index (κ1) is 17.0. The highest BCUT2D eigenvalue weighted by atomic mass is 32.2. The highest BCUT2D eigenvalue weighted by molar-refractivity contribution is 7.91. The molecule has 1 saturated carbocycles. The van der Waals surface area contributed by atoms with Gasteiger partial charge in [-0.2, -0.15) is 4.72 Å². The fourth-order valence-electron chi connectivity index (χ4n) is 2.88. The van der Waals surface area contributed by atoms with Gasteiger partial charge in [-0.1, -0.05) is 18.9 Å². The number of sulfonamides is 1. The second kappa shape index (κ2) is 6.60. The number of rotatable bonds is 5.